The monoisotopic (exact) mass is 155 g/mol. The van der Waals surface area contributed by atoms with Gasteiger partial charge in [0.25, 0.3) is 0 Å². The number of thiophene rings is 1. The molecule has 0 amide bonds. The van der Waals surface area contributed by atoms with Crippen LogP contribution in [0.3, 0.4) is 0 Å². The van der Waals surface area contributed by atoms with Gasteiger partial charge in [-0.25, -0.2) is 0 Å². The Balaban J connectivity index is 2.85. The van der Waals surface area contributed by atoms with Crippen molar-refractivity contribution in [1.29, 1.82) is 0 Å². The van der Waals surface area contributed by atoms with Crippen molar-refractivity contribution in [3.8, 4) is 0 Å². The molecule has 0 spiro atoms. The van der Waals surface area contributed by atoms with Crippen LogP contribution >= 0.6 is 11.3 Å². The maximum atomic E-state index is 8.49. The fraction of sp³-hybridized carbons (Fsp3) is 0.286. The molecule has 0 saturated heterocycles. The van der Waals surface area contributed by atoms with Crippen LogP contribution < -0.4 is 0 Å². The van der Waals surface area contributed by atoms with E-state index in [0.29, 0.717) is 0 Å². The summed E-state index contributed by atoms with van der Waals surface area (Å²) in [5.74, 6) is 0. The highest BCUT2D eigenvalue weighted by Gasteiger charge is 1.99. The zero-order valence-electron chi connectivity index (χ0n) is 5.74. The number of hydrogen-bond donors (Lipinski definition) is 1. The molecular formula is C7H9NOS. The van der Waals surface area contributed by atoms with Crippen LogP contribution in [0.2, 0.25) is 0 Å². The summed E-state index contributed by atoms with van der Waals surface area (Å²) in [6.07, 6.45) is 0.771. The Bertz CT molecular complexity index is 216. The molecule has 1 N–H and O–H groups in total. The molecule has 1 rings (SSSR count). The molecule has 1 heterocycles. The Morgan fingerprint density at radius 1 is 1.80 bits per heavy atom. The molecule has 0 saturated carbocycles. The molecular weight excluding hydrogens is 146 g/mol. The molecule has 0 aliphatic carbocycles. The Morgan fingerprint density at radius 2 is 2.60 bits per heavy atom. The lowest BCUT2D eigenvalue weighted by atomic mass is 10.2. The van der Waals surface area contributed by atoms with E-state index < -0.39 is 0 Å². The average molecular weight is 155 g/mol. The molecule has 0 radical (unpaired) electrons. The highest BCUT2D eigenvalue weighted by Crippen LogP contribution is 2.08. The van der Waals surface area contributed by atoms with Gasteiger partial charge in [-0.05, 0) is 23.2 Å². The largest absolute Gasteiger partial charge is 0.411 e. The first-order valence-corrected chi connectivity index (χ1v) is 4.06. The van der Waals surface area contributed by atoms with Gasteiger partial charge in [0.2, 0.25) is 0 Å². The quantitative estimate of drug-likeness (QED) is 0.397. The fourth-order valence-electron chi connectivity index (χ4n) is 0.761. The molecule has 0 aliphatic rings. The SMILES string of the molecule is CCC(=NO)c1ccsc1. The summed E-state index contributed by atoms with van der Waals surface area (Å²) < 4.78 is 0. The van der Waals surface area contributed by atoms with Crippen LogP contribution in [0.1, 0.15) is 18.9 Å². The van der Waals surface area contributed by atoms with Gasteiger partial charge in [-0.15, -0.1) is 0 Å². The molecule has 54 valence electrons. The first-order valence-electron chi connectivity index (χ1n) is 3.12. The molecule has 10 heavy (non-hydrogen) atoms. The maximum absolute atomic E-state index is 8.49. The van der Waals surface area contributed by atoms with Crippen LogP contribution in [0.15, 0.2) is 22.0 Å². The predicted molar refractivity (Wildman–Crippen MR) is 42.9 cm³/mol. The van der Waals surface area contributed by atoms with Crippen molar-refractivity contribution < 1.29 is 5.21 Å². The standard InChI is InChI=1S/C7H9NOS/c1-2-7(8-9)6-3-4-10-5-6/h3-5,9H,2H2,1H3. The zero-order chi connectivity index (χ0) is 7.40. The minimum atomic E-state index is 0.751. The summed E-state index contributed by atoms with van der Waals surface area (Å²) in [6, 6.07) is 1.95. The van der Waals surface area contributed by atoms with E-state index in [1.165, 1.54) is 0 Å². The topological polar surface area (TPSA) is 32.6 Å². The van der Waals surface area contributed by atoms with Gasteiger partial charge in [0, 0.05) is 5.56 Å². The Kier molecular flexibility index (Phi) is 2.45. The van der Waals surface area contributed by atoms with E-state index in [4.69, 9.17) is 5.21 Å². The van der Waals surface area contributed by atoms with Crippen LogP contribution in [0.25, 0.3) is 0 Å². The van der Waals surface area contributed by atoms with E-state index in [0.717, 1.165) is 17.7 Å². The fourth-order valence-corrected chi connectivity index (χ4v) is 1.43. The van der Waals surface area contributed by atoms with Gasteiger partial charge >= 0.3 is 0 Å². The van der Waals surface area contributed by atoms with Crippen molar-refractivity contribution in [1.82, 2.24) is 0 Å². The summed E-state index contributed by atoms with van der Waals surface area (Å²) >= 11 is 1.61. The van der Waals surface area contributed by atoms with Gasteiger partial charge < -0.3 is 5.21 Å². The molecule has 2 nitrogen and oxygen atoms in total. The number of oxime groups is 1. The number of nitrogens with zero attached hydrogens (tertiary/aromatic N) is 1. The smallest absolute Gasteiger partial charge is 0.0873 e. The second-order valence-corrected chi connectivity index (χ2v) is 2.69. The van der Waals surface area contributed by atoms with Gasteiger partial charge in [-0.2, -0.15) is 11.3 Å². The van der Waals surface area contributed by atoms with E-state index in [9.17, 15) is 0 Å². The molecule has 1 aromatic heterocycles. The van der Waals surface area contributed by atoms with Crippen molar-refractivity contribution in [2.75, 3.05) is 0 Å². The summed E-state index contributed by atoms with van der Waals surface area (Å²) in [5, 5.41) is 15.6. The number of hydrogen-bond acceptors (Lipinski definition) is 3. The Morgan fingerprint density at radius 3 is 3.00 bits per heavy atom. The summed E-state index contributed by atoms with van der Waals surface area (Å²) in [5.41, 5.74) is 1.77. The highest BCUT2D eigenvalue weighted by atomic mass is 32.1. The highest BCUT2D eigenvalue weighted by molar-refractivity contribution is 7.08. The second kappa shape index (κ2) is 3.37. The minimum Gasteiger partial charge on any atom is -0.411 e. The van der Waals surface area contributed by atoms with Gasteiger partial charge in [-0.1, -0.05) is 12.1 Å². The van der Waals surface area contributed by atoms with E-state index in [2.05, 4.69) is 5.16 Å². The van der Waals surface area contributed by atoms with E-state index in [-0.39, 0.29) is 0 Å². The van der Waals surface area contributed by atoms with Crippen LogP contribution in [0.5, 0.6) is 0 Å². The first kappa shape index (κ1) is 7.28. The molecule has 0 aromatic carbocycles. The van der Waals surface area contributed by atoms with Gasteiger partial charge in [0.1, 0.15) is 0 Å². The second-order valence-electron chi connectivity index (χ2n) is 1.91. The molecule has 0 fully saturated rings. The minimum absolute atomic E-state index is 0.751. The van der Waals surface area contributed by atoms with Crippen LogP contribution in [-0.4, -0.2) is 10.9 Å². The van der Waals surface area contributed by atoms with Crippen LogP contribution in [-0.2, 0) is 0 Å². The zero-order valence-corrected chi connectivity index (χ0v) is 6.56. The van der Waals surface area contributed by atoms with Gasteiger partial charge in [-0.3, -0.25) is 0 Å². The van der Waals surface area contributed by atoms with Crippen molar-refractivity contribution in [2.45, 2.75) is 13.3 Å². The van der Waals surface area contributed by atoms with Gasteiger partial charge in [0.05, 0.1) is 5.71 Å². The third-order valence-corrected chi connectivity index (χ3v) is 1.99. The lowest BCUT2D eigenvalue weighted by molar-refractivity contribution is 0.318. The third-order valence-electron chi connectivity index (χ3n) is 1.31. The predicted octanol–water partition coefficient (Wildman–Crippen LogP) is 2.34. The average Bonchev–Trinajstić information content (AvgIpc) is 2.43. The van der Waals surface area contributed by atoms with Crippen molar-refractivity contribution in [3.63, 3.8) is 0 Å². The van der Waals surface area contributed by atoms with Crippen molar-refractivity contribution in [2.24, 2.45) is 5.16 Å². The third kappa shape index (κ3) is 1.36. The number of rotatable bonds is 2. The summed E-state index contributed by atoms with van der Waals surface area (Å²) in [7, 11) is 0. The summed E-state index contributed by atoms with van der Waals surface area (Å²) in [6.45, 7) is 1.96. The molecule has 0 atom stereocenters. The van der Waals surface area contributed by atoms with Crippen molar-refractivity contribution in [3.05, 3.63) is 22.4 Å². The van der Waals surface area contributed by atoms with E-state index >= 15 is 0 Å². The molecule has 0 bridgehead atoms. The molecule has 3 heteroatoms. The lowest BCUT2D eigenvalue weighted by Gasteiger charge is -1.93. The molecule has 1 aromatic rings. The first-order chi connectivity index (χ1) is 4.88. The van der Waals surface area contributed by atoms with Gasteiger partial charge in [0.15, 0.2) is 0 Å². The van der Waals surface area contributed by atoms with Crippen LogP contribution in [0.4, 0.5) is 0 Å². The van der Waals surface area contributed by atoms with E-state index in [1.807, 2.05) is 23.8 Å². The van der Waals surface area contributed by atoms with Crippen molar-refractivity contribution >= 4 is 17.0 Å². The lowest BCUT2D eigenvalue weighted by Crippen LogP contribution is -1.95. The Labute approximate surface area is 63.8 Å². The van der Waals surface area contributed by atoms with Crippen LogP contribution in [0, 0.1) is 0 Å². The Hall–Kier alpha value is -0.830. The summed E-state index contributed by atoms with van der Waals surface area (Å²) in [4.78, 5) is 0. The maximum Gasteiger partial charge on any atom is 0.0873 e. The normalized spacial score (nSPS) is 11.9. The molecule has 0 aliphatic heterocycles. The molecule has 0 unspecified atom stereocenters. The van der Waals surface area contributed by atoms with E-state index in [1.54, 1.807) is 11.3 Å².